The van der Waals surface area contributed by atoms with Crippen molar-refractivity contribution < 1.29 is 13.9 Å². The molecule has 0 unspecified atom stereocenters. The van der Waals surface area contributed by atoms with E-state index in [0.717, 1.165) is 35.5 Å². The number of benzene rings is 2. The molecule has 1 amide bonds. The first-order valence-corrected chi connectivity index (χ1v) is 13.4. The average Bonchev–Trinajstić information content (AvgIpc) is 3.57. The van der Waals surface area contributed by atoms with E-state index in [2.05, 4.69) is 12.2 Å². The number of hydrogen-bond acceptors (Lipinski definition) is 6. The van der Waals surface area contributed by atoms with Gasteiger partial charge < -0.3 is 14.5 Å². The molecule has 8 heteroatoms. The van der Waals surface area contributed by atoms with Crippen molar-refractivity contribution in [2.24, 2.45) is 0 Å². The van der Waals surface area contributed by atoms with E-state index in [9.17, 15) is 14.9 Å². The van der Waals surface area contributed by atoms with Gasteiger partial charge in [0.2, 0.25) is 0 Å². The van der Waals surface area contributed by atoms with Gasteiger partial charge in [-0.25, -0.2) is 0 Å². The van der Waals surface area contributed by atoms with Crippen molar-refractivity contribution in [3.8, 4) is 17.5 Å². The Morgan fingerprint density at radius 3 is 2.55 bits per heavy atom. The quantitative estimate of drug-likeness (QED) is 0.294. The largest absolute Gasteiger partial charge is 0.494 e. The summed E-state index contributed by atoms with van der Waals surface area (Å²) < 4.78 is 13.2. The van der Waals surface area contributed by atoms with Crippen LogP contribution in [0.4, 0.5) is 0 Å². The number of nitrogens with one attached hydrogen (secondary N) is 1. The standard InChI is InChI=1S/C30H29N3O4S/c1-2-3-4-8-17-36-24-15-13-22(14-16-24)19-27-29(35)33(23-10-6-5-7-11-23)30(38-27)26(20-31)28(34)32-21-25-12-9-18-37-25/h5-7,9-16,18-19H,2-4,8,17,21H2,1H3,(H,32,34)/b27-19+,30-26-. The Bertz CT molecular complexity index is 1560. The number of nitrogens with zero attached hydrogens (tertiary/aromatic N) is 2. The molecule has 2 aromatic carbocycles. The van der Waals surface area contributed by atoms with E-state index >= 15 is 0 Å². The van der Waals surface area contributed by atoms with E-state index < -0.39 is 5.91 Å². The maximum Gasteiger partial charge on any atom is 0.273 e. The average molecular weight is 528 g/mol. The molecule has 38 heavy (non-hydrogen) atoms. The van der Waals surface area contributed by atoms with Gasteiger partial charge in [-0.15, -0.1) is 11.3 Å². The van der Waals surface area contributed by atoms with Gasteiger partial charge in [0.1, 0.15) is 22.2 Å². The monoisotopic (exact) mass is 527 g/mol. The molecule has 0 saturated carbocycles. The minimum absolute atomic E-state index is 0.129. The molecule has 0 aliphatic heterocycles. The number of hydrogen-bond donors (Lipinski definition) is 1. The maximum atomic E-state index is 13.5. The molecular weight excluding hydrogens is 498 g/mol. The van der Waals surface area contributed by atoms with Gasteiger partial charge in [0, 0.05) is 0 Å². The maximum absolute atomic E-state index is 13.5. The lowest BCUT2D eigenvalue weighted by molar-refractivity contribution is -0.115. The fraction of sp³-hybridized carbons (Fsp3) is 0.233. The predicted molar refractivity (Wildman–Crippen MR) is 148 cm³/mol. The van der Waals surface area contributed by atoms with Crippen molar-refractivity contribution in [2.75, 3.05) is 6.61 Å². The molecular formula is C30H29N3O4S. The molecule has 7 nitrogen and oxygen atoms in total. The Labute approximate surface area is 224 Å². The van der Waals surface area contributed by atoms with Gasteiger partial charge in [0.15, 0.2) is 5.57 Å². The van der Waals surface area contributed by atoms with E-state index in [1.807, 2.05) is 36.4 Å². The molecule has 2 heterocycles. The second kappa shape index (κ2) is 13.3. The van der Waals surface area contributed by atoms with Crippen LogP contribution in [0.3, 0.4) is 0 Å². The number of carbonyl (C=O) groups is 1. The van der Waals surface area contributed by atoms with Crippen molar-refractivity contribution >= 4 is 28.9 Å². The second-order valence-electron chi connectivity index (χ2n) is 8.62. The highest BCUT2D eigenvalue weighted by Crippen LogP contribution is 2.14. The minimum Gasteiger partial charge on any atom is -0.494 e. The summed E-state index contributed by atoms with van der Waals surface area (Å²) in [6, 6.07) is 22.0. The fourth-order valence-corrected chi connectivity index (χ4v) is 4.96. The van der Waals surface area contributed by atoms with E-state index in [1.165, 1.54) is 23.7 Å². The Hall–Kier alpha value is -4.35. The first-order valence-electron chi connectivity index (χ1n) is 12.6. The number of para-hydroxylation sites is 1. The number of unbranched alkanes of at least 4 members (excludes halogenated alkanes) is 3. The van der Waals surface area contributed by atoms with Gasteiger partial charge >= 0.3 is 0 Å². The molecule has 194 valence electrons. The zero-order valence-electron chi connectivity index (χ0n) is 21.2. The molecule has 4 aromatic rings. The third-order valence-electron chi connectivity index (χ3n) is 5.84. The summed E-state index contributed by atoms with van der Waals surface area (Å²) in [5, 5.41) is 12.6. The molecule has 2 aromatic heterocycles. The lowest BCUT2D eigenvalue weighted by Gasteiger charge is -2.05. The number of ether oxygens (including phenoxy) is 1. The van der Waals surface area contributed by atoms with Crippen LogP contribution in [0.25, 0.3) is 17.3 Å². The number of rotatable bonds is 11. The van der Waals surface area contributed by atoms with Crippen LogP contribution in [0, 0.1) is 11.3 Å². The van der Waals surface area contributed by atoms with Crippen LogP contribution in [0.15, 0.2) is 82.2 Å². The summed E-state index contributed by atoms with van der Waals surface area (Å²) in [6.07, 6.45) is 7.83. The van der Waals surface area contributed by atoms with Gasteiger partial charge in [-0.3, -0.25) is 14.2 Å². The van der Waals surface area contributed by atoms with Gasteiger partial charge in [0.05, 0.1) is 29.6 Å². The third-order valence-corrected chi connectivity index (χ3v) is 6.93. The molecule has 1 N–H and O–H groups in total. The highest BCUT2D eigenvalue weighted by atomic mass is 32.1. The van der Waals surface area contributed by atoms with E-state index in [0.29, 0.717) is 22.6 Å². The SMILES string of the molecule is CCCCCCOc1ccc(/C=c2/s/c(=C(/C#N)C(=O)NCc3ccco3)n(-c3ccccc3)c2=O)cc1. The second-order valence-corrected chi connectivity index (χ2v) is 9.65. The Morgan fingerprint density at radius 2 is 1.87 bits per heavy atom. The summed E-state index contributed by atoms with van der Waals surface area (Å²) in [4.78, 5) is 26.5. The van der Waals surface area contributed by atoms with E-state index in [4.69, 9.17) is 9.15 Å². The molecule has 0 aliphatic carbocycles. The Kier molecular flexibility index (Phi) is 9.32. The summed E-state index contributed by atoms with van der Waals surface area (Å²) >= 11 is 1.11. The van der Waals surface area contributed by atoms with Crippen molar-refractivity contribution in [2.45, 2.75) is 39.2 Å². The van der Waals surface area contributed by atoms with Crippen molar-refractivity contribution in [1.82, 2.24) is 9.88 Å². The van der Waals surface area contributed by atoms with Crippen molar-refractivity contribution in [3.05, 3.63) is 104 Å². The van der Waals surface area contributed by atoms with Crippen LogP contribution in [0.2, 0.25) is 0 Å². The number of amides is 1. The molecule has 0 atom stereocenters. The number of carbonyl (C=O) groups excluding carboxylic acids is 1. The normalized spacial score (nSPS) is 12.2. The molecule has 0 radical (unpaired) electrons. The van der Waals surface area contributed by atoms with Gasteiger partial charge in [-0.1, -0.05) is 56.5 Å². The fourth-order valence-electron chi connectivity index (χ4n) is 3.86. The lowest BCUT2D eigenvalue weighted by atomic mass is 10.2. The van der Waals surface area contributed by atoms with Crippen LogP contribution in [0.5, 0.6) is 5.75 Å². The number of nitriles is 1. The number of thiazole rings is 1. The van der Waals surface area contributed by atoms with Crippen LogP contribution < -0.4 is 24.8 Å². The molecule has 0 fully saturated rings. The zero-order valence-corrected chi connectivity index (χ0v) is 22.0. The van der Waals surface area contributed by atoms with Crippen LogP contribution >= 0.6 is 11.3 Å². The molecule has 0 bridgehead atoms. The molecule has 4 rings (SSSR count). The Balaban J connectivity index is 1.69. The van der Waals surface area contributed by atoms with E-state index in [1.54, 1.807) is 42.5 Å². The van der Waals surface area contributed by atoms with Crippen molar-refractivity contribution in [3.63, 3.8) is 0 Å². The third kappa shape index (κ3) is 6.69. The highest BCUT2D eigenvalue weighted by Gasteiger charge is 2.17. The first-order chi connectivity index (χ1) is 18.6. The lowest BCUT2D eigenvalue weighted by Crippen LogP contribution is -2.33. The molecule has 0 aliphatic rings. The first kappa shape index (κ1) is 26.7. The van der Waals surface area contributed by atoms with Crippen LogP contribution in [-0.2, 0) is 11.3 Å². The summed E-state index contributed by atoms with van der Waals surface area (Å²) in [5.41, 5.74) is 0.934. The summed E-state index contributed by atoms with van der Waals surface area (Å²) in [6.45, 7) is 2.98. The smallest absolute Gasteiger partial charge is 0.273 e. The Morgan fingerprint density at radius 1 is 1.08 bits per heavy atom. The van der Waals surface area contributed by atoms with Crippen molar-refractivity contribution in [1.29, 1.82) is 5.26 Å². The van der Waals surface area contributed by atoms with Gasteiger partial charge in [-0.05, 0) is 54.5 Å². The van der Waals surface area contributed by atoms with Gasteiger partial charge in [0.25, 0.3) is 11.5 Å². The predicted octanol–water partition coefficient (Wildman–Crippen LogP) is 4.27. The minimum atomic E-state index is -0.582. The topological polar surface area (TPSA) is 97.3 Å². The summed E-state index contributed by atoms with van der Waals surface area (Å²) in [5.74, 6) is 0.757. The van der Waals surface area contributed by atoms with E-state index in [-0.39, 0.29) is 22.3 Å². The molecule has 0 saturated heterocycles. The molecule has 0 spiro atoms. The summed E-state index contributed by atoms with van der Waals surface area (Å²) in [7, 11) is 0. The zero-order chi connectivity index (χ0) is 26.7. The number of furan rings is 1. The van der Waals surface area contributed by atoms with Crippen LogP contribution in [0.1, 0.15) is 43.9 Å². The van der Waals surface area contributed by atoms with Crippen LogP contribution in [-0.4, -0.2) is 17.1 Å². The highest BCUT2D eigenvalue weighted by molar-refractivity contribution is 7.07. The number of aromatic nitrogens is 1. The van der Waals surface area contributed by atoms with Gasteiger partial charge in [-0.2, -0.15) is 5.26 Å².